The Morgan fingerprint density at radius 3 is 2.81 bits per heavy atom. The number of likely N-dealkylation sites (N-methyl/N-ethyl adjacent to an activating group) is 1. The zero-order valence-corrected chi connectivity index (χ0v) is 11.1. The molecule has 0 aromatic rings. The van der Waals surface area contributed by atoms with Crippen molar-refractivity contribution in [1.82, 2.24) is 10.2 Å². The average molecular weight is 224 g/mol. The van der Waals surface area contributed by atoms with Crippen LogP contribution in [0.2, 0.25) is 0 Å². The maximum atomic E-state index is 3.99. The molecule has 1 fully saturated rings. The zero-order valence-electron chi connectivity index (χ0n) is 11.1. The predicted octanol–water partition coefficient (Wildman–Crippen LogP) is 2.81. The van der Waals surface area contributed by atoms with Crippen LogP contribution in [0.15, 0.2) is 12.2 Å². The molecular formula is C14H28N2. The first-order valence-corrected chi connectivity index (χ1v) is 6.82. The summed E-state index contributed by atoms with van der Waals surface area (Å²) in [5.74, 6) is 0. The van der Waals surface area contributed by atoms with Crippen molar-refractivity contribution >= 4 is 0 Å². The molecule has 0 radical (unpaired) electrons. The Bertz CT molecular complexity index is 195. The second-order valence-electron chi connectivity index (χ2n) is 5.11. The summed E-state index contributed by atoms with van der Waals surface area (Å²) in [6, 6.07) is 0.789. The minimum Gasteiger partial charge on any atom is -0.314 e. The summed E-state index contributed by atoms with van der Waals surface area (Å²) in [4.78, 5) is 2.49. The van der Waals surface area contributed by atoms with E-state index in [2.05, 4.69) is 30.6 Å². The van der Waals surface area contributed by atoms with E-state index in [4.69, 9.17) is 0 Å². The molecule has 0 aliphatic carbocycles. The fourth-order valence-corrected chi connectivity index (χ4v) is 2.46. The van der Waals surface area contributed by atoms with E-state index in [9.17, 15) is 0 Å². The highest BCUT2D eigenvalue weighted by Crippen LogP contribution is 2.12. The Kier molecular flexibility index (Phi) is 6.74. The second kappa shape index (κ2) is 7.86. The van der Waals surface area contributed by atoms with Gasteiger partial charge in [-0.15, -0.1) is 0 Å². The average Bonchev–Trinajstić information content (AvgIpc) is 2.28. The first kappa shape index (κ1) is 13.7. The van der Waals surface area contributed by atoms with Crippen LogP contribution >= 0.6 is 0 Å². The molecule has 0 amide bonds. The fraction of sp³-hybridized carbons (Fsp3) is 0.857. The van der Waals surface area contributed by atoms with Gasteiger partial charge >= 0.3 is 0 Å². The molecule has 1 atom stereocenters. The van der Waals surface area contributed by atoms with Gasteiger partial charge in [-0.1, -0.05) is 25.5 Å². The van der Waals surface area contributed by atoms with Gasteiger partial charge in [0, 0.05) is 12.6 Å². The first-order chi connectivity index (χ1) is 7.72. The Hall–Kier alpha value is -0.340. The van der Waals surface area contributed by atoms with E-state index in [1.54, 1.807) is 0 Å². The van der Waals surface area contributed by atoms with Crippen molar-refractivity contribution in [3.8, 4) is 0 Å². The van der Waals surface area contributed by atoms with E-state index in [0.717, 1.165) is 19.1 Å². The van der Waals surface area contributed by atoms with Gasteiger partial charge in [-0.3, -0.25) is 4.90 Å². The van der Waals surface area contributed by atoms with Crippen LogP contribution in [0, 0.1) is 0 Å². The molecule has 1 aliphatic rings. The lowest BCUT2D eigenvalue weighted by Crippen LogP contribution is -2.35. The lowest BCUT2D eigenvalue weighted by atomic mass is 10.0. The van der Waals surface area contributed by atoms with E-state index < -0.39 is 0 Å². The van der Waals surface area contributed by atoms with Gasteiger partial charge in [0.25, 0.3) is 0 Å². The number of nitrogens with one attached hydrogen (secondary N) is 1. The predicted molar refractivity (Wildman–Crippen MR) is 71.8 cm³/mol. The van der Waals surface area contributed by atoms with Crippen molar-refractivity contribution in [1.29, 1.82) is 0 Å². The Morgan fingerprint density at radius 1 is 1.44 bits per heavy atom. The van der Waals surface area contributed by atoms with Crippen LogP contribution < -0.4 is 5.32 Å². The van der Waals surface area contributed by atoms with Crippen molar-refractivity contribution in [2.24, 2.45) is 0 Å². The van der Waals surface area contributed by atoms with Crippen LogP contribution in [0.25, 0.3) is 0 Å². The number of hydrogen-bond donors (Lipinski definition) is 1. The molecule has 2 nitrogen and oxygen atoms in total. The number of hydrogen-bond acceptors (Lipinski definition) is 2. The molecule has 1 saturated heterocycles. The largest absolute Gasteiger partial charge is 0.314 e. The van der Waals surface area contributed by atoms with E-state index in [1.807, 2.05) is 0 Å². The zero-order chi connectivity index (χ0) is 11.8. The molecule has 1 rings (SSSR count). The molecule has 1 aliphatic heterocycles. The molecule has 0 aromatic carbocycles. The molecule has 1 heterocycles. The summed E-state index contributed by atoms with van der Waals surface area (Å²) < 4.78 is 0. The maximum Gasteiger partial charge on any atom is 0.0187 e. The Labute approximate surface area is 101 Å². The molecule has 1 N–H and O–H groups in total. The SMILES string of the molecule is C=C(C)CN(CC)CCCC1CCCCN1. The van der Waals surface area contributed by atoms with Crippen LogP contribution in [-0.4, -0.2) is 37.1 Å². The maximum absolute atomic E-state index is 3.99. The molecule has 0 aromatic heterocycles. The van der Waals surface area contributed by atoms with Crippen molar-refractivity contribution < 1.29 is 0 Å². The van der Waals surface area contributed by atoms with Crippen molar-refractivity contribution in [2.45, 2.75) is 52.0 Å². The van der Waals surface area contributed by atoms with Gasteiger partial charge in [0.15, 0.2) is 0 Å². The Balaban J connectivity index is 2.09. The molecule has 2 heteroatoms. The summed E-state index contributed by atoms with van der Waals surface area (Å²) in [5, 5.41) is 3.62. The summed E-state index contributed by atoms with van der Waals surface area (Å²) >= 11 is 0. The number of nitrogens with zero attached hydrogens (tertiary/aromatic N) is 1. The van der Waals surface area contributed by atoms with Crippen LogP contribution in [0.4, 0.5) is 0 Å². The third kappa shape index (κ3) is 5.66. The van der Waals surface area contributed by atoms with Crippen molar-refractivity contribution in [2.75, 3.05) is 26.2 Å². The standard InChI is InChI=1S/C14H28N2/c1-4-16(12-13(2)3)11-7-9-14-8-5-6-10-15-14/h14-15H,2,4-12H2,1,3H3. The minimum atomic E-state index is 0.789. The Morgan fingerprint density at radius 2 is 2.25 bits per heavy atom. The summed E-state index contributed by atoms with van der Waals surface area (Å²) in [6.45, 7) is 13.0. The minimum absolute atomic E-state index is 0.789. The smallest absolute Gasteiger partial charge is 0.0187 e. The lowest BCUT2D eigenvalue weighted by Gasteiger charge is -2.25. The van der Waals surface area contributed by atoms with Crippen LogP contribution in [-0.2, 0) is 0 Å². The third-order valence-corrected chi connectivity index (χ3v) is 3.38. The molecule has 0 saturated carbocycles. The molecule has 16 heavy (non-hydrogen) atoms. The van der Waals surface area contributed by atoms with Crippen LogP contribution in [0.5, 0.6) is 0 Å². The summed E-state index contributed by atoms with van der Waals surface area (Å²) in [7, 11) is 0. The normalized spacial score (nSPS) is 21.3. The number of piperidine rings is 1. The van der Waals surface area contributed by atoms with Crippen LogP contribution in [0.3, 0.4) is 0 Å². The second-order valence-corrected chi connectivity index (χ2v) is 5.11. The van der Waals surface area contributed by atoms with Gasteiger partial charge in [-0.25, -0.2) is 0 Å². The van der Waals surface area contributed by atoms with Crippen molar-refractivity contribution in [3.63, 3.8) is 0 Å². The highest BCUT2D eigenvalue weighted by atomic mass is 15.1. The monoisotopic (exact) mass is 224 g/mol. The quantitative estimate of drug-likeness (QED) is 0.669. The van der Waals surface area contributed by atoms with E-state index >= 15 is 0 Å². The lowest BCUT2D eigenvalue weighted by molar-refractivity contribution is 0.287. The van der Waals surface area contributed by atoms with E-state index in [0.29, 0.717) is 0 Å². The fourth-order valence-electron chi connectivity index (χ4n) is 2.46. The van der Waals surface area contributed by atoms with E-state index in [-0.39, 0.29) is 0 Å². The molecular weight excluding hydrogens is 196 g/mol. The first-order valence-electron chi connectivity index (χ1n) is 6.82. The van der Waals surface area contributed by atoms with Gasteiger partial charge in [0.05, 0.1) is 0 Å². The van der Waals surface area contributed by atoms with E-state index in [1.165, 1.54) is 50.8 Å². The molecule has 1 unspecified atom stereocenters. The van der Waals surface area contributed by atoms with Gasteiger partial charge in [-0.05, 0) is 52.2 Å². The van der Waals surface area contributed by atoms with Gasteiger partial charge in [-0.2, -0.15) is 0 Å². The topological polar surface area (TPSA) is 15.3 Å². The highest BCUT2D eigenvalue weighted by Gasteiger charge is 2.12. The van der Waals surface area contributed by atoms with Gasteiger partial charge < -0.3 is 5.32 Å². The van der Waals surface area contributed by atoms with Gasteiger partial charge in [0.1, 0.15) is 0 Å². The van der Waals surface area contributed by atoms with Gasteiger partial charge in [0.2, 0.25) is 0 Å². The van der Waals surface area contributed by atoms with Crippen molar-refractivity contribution in [3.05, 3.63) is 12.2 Å². The molecule has 0 spiro atoms. The number of rotatable bonds is 7. The third-order valence-electron chi connectivity index (χ3n) is 3.38. The van der Waals surface area contributed by atoms with Crippen LogP contribution in [0.1, 0.15) is 46.0 Å². The highest BCUT2D eigenvalue weighted by molar-refractivity contribution is 4.91. The molecule has 94 valence electrons. The summed E-state index contributed by atoms with van der Waals surface area (Å²) in [5.41, 5.74) is 1.28. The summed E-state index contributed by atoms with van der Waals surface area (Å²) in [6.07, 6.45) is 6.83. The molecule has 0 bridgehead atoms.